The van der Waals surface area contributed by atoms with Crippen molar-refractivity contribution < 1.29 is 8.42 Å². The summed E-state index contributed by atoms with van der Waals surface area (Å²) in [6.07, 6.45) is 4.81. The first-order valence-electron chi connectivity index (χ1n) is 10.8. The Morgan fingerprint density at radius 3 is 2.81 bits per heavy atom. The maximum absolute atomic E-state index is 12.4. The van der Waals surface area contributed by atoms with Gasteiger partial charge in [0.1, 0.15) is 0 Å². The molecule has 3 aromatic rings. The largest absolute Gasteiger partial charge is 0.326 e. The molecule has 0 saturated heterocycles. The zero-order valence-electron chi connectivity index (χ0n) is 18.0. The summed E-state index contributed by atoms with van der Waals surface area (Å²) < 4.78 is 27.8. The van der Waals surface area contributed by atoms with Crippen molar-refractivity contribution in [2.45, 2.75) is 38.3 Å². The highest BCUT2D eigenvalue weighted by Gasteiger charge is 2.27. The topological polar surface area (TPSA) is 78.4 Å². The molecule has 1 atom stereocenters. The van der Waals surface area contributed by atoms with Gasteiger partial charge in [-0.2, -0.15) is 0 Å². The Morgan fingerprint density at radius 2 is 2.00 bits per heavy atom. The van der Waals surface area contributed by atoms with E-state index in [1.807, 2.05) is 28.8 Å². The molecular weight excluding hydrogens is 412 g/mol. The first-order valence-corrected chi connectivity index (χ1v) is 12.7. The Labute approximate surface area is 182 Å². The number of aromatic nitrogens is 2. The summed E-state index contributed by atoms with van der Waals surface area (Å²) in [7, 11) is -1.15. The van der Waals surface area contributed by atoms with E-state index in [4.69, 9.17) is 0 Å². The molecule has 0 radical (unpaired) electrons. The van der Waals surface area contributed by atoms with Gasteiger partial charge in [-0.3, -0.25) is 8.87 Å². The summed E-state index contributed by atoms with van der Waals surface area (Å²) in [5.74, 6) is 0. The van der Waals surface area contributed by atoms with Crippen molar-refractivity contribution in [3.8, 4) is 0 Å². The number of H-pyrrole nitrogens is 1. The molecule has 2 aliphatic rings. The number of anilines is 1. The number of fused-ring (bicyclic) bond motifs is 1. The summed E-state index contributed by atoms with van der Waals surface area (Å²) in [5, 5.41) is 0. The summed E-state index contributed by atoms with van der Waals surface area (Å²) in [6, 6.07) is 12.3. The number of hydrogen-bond acceptors (Lipinski definition) is 4. The third-order valence-electron chi connectivity index (χ3n) is 6.79. The van der Waals surface area contributed by atoms with E-state index >= 15 is 0 Å². The highest BCUT2D eigenvalue weighted by Crippen LogP contribution is 2.32. The Hall–Kier alpha value is -2.58. The van der Waals surface area contributed by atoms with Crippen molar-refractivity contribution in [2.75, 3.05) is 30.7 Å². The van der Waals surface area contributed by atoms with E-state index in [1.54, 1.807) is 4.31 Å². The van der Waals surface area contributed by atoms with Crippen LogP contribution in [0.4, 0.5) is 5.69 Å². The zero-order chi connectivity index (χ0) is 21.8. The van der Waals surface area contributed by atoms with Gasteiger partial charge in [0.2, 0.25) is 10.0 Å². The molecule has 0 amide bonds. The molecule has 0 spiro atoms. The van der Waals surface area contributed by atoms with Crippen LogP contribution in [0.3, 0.4) is 0 Å². The molecule has 0 fully saturated rings. The van der Waals surface area contributed by atoms with E-state index in [1.165, 1.54) is 17.4 Å². The number of benzene rings is 2. The Morgan fingerprint density at radius 1 is 1.19 bits per heavy atom. The molecule has 8 heteroatoms. The second-order valence-electron chi connectivity index (χ2n) is 8.80. The minimum atomic E-state index is -3.26. The maximum Gasteiger partial charge on any atom is 0.326 e. The highest BCUT2D eigenvalue weighted by molar-refractivity contribution is 7.92. The monoisotopic (exact) mass is 440 g/mol. The minimum Gasteiger partial charge on any atom is -0.306 e. The lowest BCUT2D eigenvalue weighted by molar-refractivity contribution is 0.215. The lowest BCUT2D eigenvalue weighted by Gasteiger charge is -2.33. The first-order chi connectivity index (χ1) is 14.8. The Bertz CT molecular complexity index is 1310. The van der Waals surface area contributed by atoms with Crippen molar-refractivity contribution in [2.24, 2.45) is 0 Å². The normalized spacial score (nSPS) is 18.5. The molecule has 1 aromatic heterocycles. The number of hydrogen-bond donors (Lipinski definition) is 1. The third kappa shape index (κ3) is 3.57. The van der Waals surface area contributed by atoms with Gasteiger partial charge in [-0.15, -0.1) is 0 Å². The number of nitrogens with zero attached hydrogens (tertiary/aromatic N) is 3. The summed E-state index contributed by atoms with van der Waals surface area (Å²) in [5.41, 5.74) is 6.32. The molecule has 3 heterocycles. The fraction of sp³-hybridized carbons (Fsp3) is 0.435. The van der Waals surface area contributed by atoms with E-state index in [0.29, 0.717) is 13.1 Å². The molecule has 0 bridgehead atoms. The first kappa shape index (κ1) is 20.3. The molecule has 0 aliphatic carbocycles. The van der Waals surface area contributed by atoms with Crippen LogP contribution in [-0.4, -0.2) is 55.3 Å². The van der Waals surface area contributed by atoms with E-state index < -0.39 is 10.0 Å². The second kappa shape index (κ2) is 7.53. The van der Waals surface area contributed by atoms with Crippen molar-refractivity contribution in [1.29, 1.82) is 0 Å². The van der Waals surface area contributed by atoms with Gasteiger partial charge in [0.15, 0.2) is 0 Å². The maximum atomic E-state index is 12.4. The average molecular weight is 441 g/mol. The van der Waals surface area contributed by atoms with Crippen LogP contribution < -0.4 is 9.99 Å². The van der Waals surface area contributed by atoms with Gasteiger partial charge in [-0.25, -0.2) is 13.2 Å². The highest BCUT2D eigenvalue weighted by atomic mass is 32.2. The fourth-order valence-corrected chi connectivity index (χ4v) is 6.17. The van der Waals surface area contributed by atoms with Crippen LogP contribution in [0.5, 0.6) is 0 Å². The second-order valence-corrected chi connectivity index (χ2v) is 10.7. The lowest BCUT2D eigenvalue weighted by atomic mass is 9.95. The number of likely N-dealkylation sites (N-methyl/N-ethyl adjacent to an activating group) is 1. The third-order valence-corrected chi connectivity index (χ3v) is 7.97. The van der Waals surface area contributed by atoms with Crippen LogP contribution >= 0.6 is 0 Å². The SMILES string of the molecule is CN(CCc1cccc2c1CCCN2S(C)(=O)=O)[C@@H]1Cc2cccc3[nH]c(=O)n(c23)C1. The number of rotatable bonds is 5. The number of para-hydroxylation sites is 1. The molecule has 7 nitrogen and oxygen atoms in total. The van der Waals surface area contributed by atoms with Crippen LogP contribution in [0, 0.1) is 0 Å². The number of nitrogens with one attached hydrogen (secondary N) is 1. The molecule has 164 valence electrons. The predicted molar refractivity (Wildman–Crippen MR) is 123 cm³/mol. The minimum absolute atomic E-state index is 0.0430. The molecule has 2 aromatic carbocycles. The van der Waals surface area contributed by atoms with Gasteiger partial charge in [-0.1, -0.05) is 24.3 Å². The standard InChI is InChI=1S/C23H28N4O3S/c1-25(18-14-17-7-3-9-20-22(17)26(15-18)23(28)24-20)13-11-16-6-4-10-21-19(16)8-5-12-27(21)31(2,29)30/h3-4,6-7,9-10,18H,5,8,11-15H2,1-2H3,(H,24,28)/t18-/m1/s1. The molecule has 5 rings (SSSR count). The molecule has 2 aliphatic heterocycles. The quantitative estimate of drug-likeness (QED) is 0.659. The number of imidazole rings is 1. The van der Waals surface area contributed by atoms with E-state index in [-0.39, 0.29) is 11.7 Å². The van der Waals surface area contributed by atoms with Crippen molar-refractivity contribution >= 4 is 26.7 Å². The smallest absolute Gasteiger partial charge is 0.306 e. The van der Waals surface area contributed by atoms with Gasteiger partial charge < -0.3 is 9.88 Å². The molecule has 31 heavy (non-hydrogen) atoms. The average Bonchev–Trinajstić information content (AvgIpc) is 3.07. The van der Waals surface area contributed by atoms with Gasteiger partial charge in [0, 0.05) is 25.7 Å². The lowest BCUT2D eigenvalue weighted by Crippen LogP contribution is -2.42. The van der Waals surface area contributed by atoms with Crippen molar-refractivity contribution in [3.05, 3.63) is 63.6 Å². The van der Waals surface area contributed by atoms with Gasteiger partial charge in [-0.05, 0) is 61.6 Å². The number of sulfonamides is 1. The fourth-order valence-electron chi connectivity index (χ4n) is 5.18. The van der Waals surface area contributed by atoms with E-state index in [9.17, 15) is 13.2 Å². The van der Waals surface area contributed by atoms with E-state index in [0.717, 1.165) is 54.5 Å². The molecular formula is C23H28N4O3S. The van der Waals surface area contributed by atoms with Crippen LogP contribution in [-0.2, 0) is 35.8 Å². The Balaban J connectivity index is 1.35. The van der Waals surface area contributed by atoms with Gasteiger partial charge >= 0.3 is 5.69 Å². The van der Waals surface area contributed by atoms with Crippen molar-refractivity contribution in [3.63, 3.8) is 0 Å². The van der Waals surface area contributed by atoms with Crippen LogP contribution in [0.2, 0.25) is 0 Å². The van der Waals surface area contributed by atoms with Crippen molar-refractivity contribution in [1.82, 2.24) is 14.5 Å². The van der Waals surface area contributed by atoms with Gasteiger partial charge in [0.05, 0.1) is 23.0 Å². The van der Waals surface area contributed by atoms with Crippen LogP contribution in [0.15, 0.2) is 41.2 Å². The predicted octanol–water partition coefficient (Wildman–Crippen LogP) is 2.14. The summed E-state index contributed by atoms with van der Waals surface area (Å²) >= 11 is 0. The van der Waals surface area contributed by atoms with Crippen LogP contribution in [0.1, 0.15) is 23.1 Å². The van der Waals surface area contributed by atoms with E-state index in [2.05, 4.69) is 29.1 Å². The molecule has 0 saturated carbocycles. The summed E-state index contributed by atoms with van der Waals surface area (Å²) in [6.45, 7) is 2.09. The summed E-state index contributed by atoms with van der Waals surface area (Å²) in [4.78, 5) is 17.7. The number of aromatic amines is 1. The molecule has 1 N–H and O–H groups in total. The Kier molecular flexibility index (Phi) is 4.94. The molecule has 0 unspecified atom stereocenters. The zero-order valence-corrected chi connectivity index (χ0v) is 18.8. The van der Waals surface area contributed by atoms with Gasteiger partial charge in [0.25, 0.3) is 0 Å². The van der Waals surface area contributed by atoms with Crippen LogP contribution in [0.25, 0.3) is 11.0 Å².